The minimum atomic E-state index is -0.526. The van der Waals surface area contributed by atoms with Gasteiger partial charge in [-0.1, -0.05) is 69.6 Å². The number of aryl methyl sites for hydroxylation is 1. The average molecular weight is 344 g/mol. The van der Waals surface area contributed by atoms with Crippen LogP contribution in [0.4, 0.5) is 5.69 Å². The molecule has 1 unspecified atom stereocenters. The van der Waals surface area contributed by atoms with Gasteiger partial charge in [0.15, 0.2) is 0 Å². The number of rotatable bonds is 10. The summed E-state index contributed by atoms with van der Waals surface area (Å²) >= 11 is 0. The van der Waals surface area contributed by atoms with Gasteiger partial charge in [-0.2, -0.15) is 0 Å². The molecule has 0 radical (unpaired) electrons. The highest BCUT2D eigenvalue weighted by Gasteiger charge is 2.37. The number of hydrogen-bond donors (Lipinski definition) is 1. The first-order chi connectivity index (χ1) is 12.0. The van der Waals surface area contributed by atoms with E-state index in [4.69, 9.17) is 0 Å². The molecule has 0 saturated heterocycles. The Hall–Kier alpha value is -1.84. The molecule has 4 heteroatoms. The fourth-order valence-electron chi connectivity index (χ4n) is 3.54. The van der Waals surface area contributed by atoms with Gasteiger partial charge in [0.25, 0.3) is 5.91 Å². The fourth-order valence-corrected chi connectivity index (χ4v) is 3.54. The third-order valence-electron chi connectivity index (χ3n) is 4.88. The van der Waals surface area contributed by atoms with Gasteiger partial charge >= 0.3 is 0 Å². The molecule has 0 bridgehead atoms. The van der Waals surface area contributed by atoms with Gasteiger partial charge in [-0.3, -0.25) is 9.59 Å². The summed E-state index contributed by atoms with van der Waals surface area (Å²) in [6.07, 6.45) is 9.98. The second kappa shape index (κ2) is 9.59. The van der Waals surface area contributed by atoms with E-state index in [2.05, 4.69) is 12.2 Å². The number of nitrogens with one attached hydrogen (secondary N) is 1. The van der Waals surface area contributed by atoms with Crippen LogP contribution in [0.5, 0.6) is 0 Å². The summed E-state index contributed by atoms with van der Waals surface area (Å²) in [6, 6.07) is 5.53. The molecule has 0 fully saturated rings. The Kier molecular flexibility index (Phi) is 7.48. The molecule has 1 aliphatic heterocycles. The molecule has 0 aliphatic carbocycles. The summed E-state index contributed by atoms with van der Waals surface area (Å²) in [5.41, 5.74) is 2.99. The van der Waals surface area contributed by atoms with Crippen LogP contribution in [0, 0.1) is 6.92 Å². The van der Waals surface area contributed by atoms with Crippen LogP contribution < -0.4 is 10.2 Å². The summed E-state index contributed by atoms with van der Waals surface area (Å²) in [5, 5.41) is 2.81. The van der Waals surface area contributed by atoms with Gasteiger partial charge in [0.2, 0.25) is 5.91 Å². The van der Waals surface area contributed by atoms with Crippen LogP contribution in [-0.2, 0) is 9.59 Å². The monoisotopic (exact) mass is 344 g/mol. The van der Waals surface area contributed by atoms with Crippen molar-refractivity contribution in [3.63, 3.8) is 0 Å². The zero-order valence-corrected chi connectivity index (χ0v) is 15.9. The molecule has 0 spiro atoms. The molecule has 1 aromatic rings. The van der Waals surface area contributed by atoms with Crippen molar-refractivity contribution in [3.8, 4) is 0 Å². The maximum Gasteiger partial charge on any atom is 0.254 e. The maximum atomic E-state index is 12.8. The topological polar surface area (TPSA) is 49.4 Å². The van der Waals surface area contributed by atoms with Crippen molar-refractivity contribution in [2.45, 2.75) is 78.2 Å². The van der Waals surface area contributed by atoms with E-state index in [1.54, 1.807) is 0 Å². The van der Waals surface area contributed by atoms with E-state index in [0.717, 1.165) is 36.2 Å². The standard InChI is InChI=1S/C21H32N2O2/c1-4-5-6-7-8-9-10-11-14-23-19-13-12-16(2)15-18(19)20(21(23)25)22-17(3)24/h12-13,15,20H,4-11,14H2,1-3H3,(H,22,24). The van der Waals surface area contributed by atoms with Gasteiger partial charge in [-0.15, -0.1) is 0 Å². The van der Waals surface area contributed by atoms with Crippen molar-refractivity contribution >= 4 is 17.5 Å². The normalized spacial score (nSPS) is 16.2. The first kappa shape index (κ1) is 19.5. The quantitative estimate of drug-likeness (QED) is 0.628. The molecule has 1 N–H and O–H groups in total. The summed E-state index contributed by atoms with van der Waals surface area (Å²) in [4.78, 5) is 26.1. The third kappa shape index (κ3) is 5.32. The number of hydrogen-bond acceptors (Lipinski definition) is 2. The van der Waals surface area contributed by atoms with Crippen LogP contribution in [0.15, 0.2) is 18.2 Å². The van der Waals surface area contributed by atoms with Crippen LogP contribution >= 0.6 is 0 Å². The summed E-state index contributed by atoms with van der Waals surface area (Å²) in [6.45, 7) is 6.45. The fraction of sp³-hybridized carbons (Fsp3) is 0.619. The lowest BCUT2D eigenvalue weighted by Crippen LogP contribution is -2.37. The predicted octanol–water partition coefficient (Wildman–Crippen LogP) is 4.66. The SMILES string of the molecule is CCCCCCCCCCN1C(=O)C(NC(C)=O)c2cc(C)ccc21. The molecule has 1 heterocycles. The molecule has 0 aromatic heterocycles. The molecular weight excluding hydrogens is 312 g/mol. The number of benzene rings is 1. The van der Waals surface area contributed by atoms with E-state index in [1.807, 2.05) is 30.0 Å². The zero-order chi connectivity index (χ0) is 18.2. The van der Waals surface area contributed by atoms with E-state index < -0.39 is 6.04 Å². The lowest BCUT2D eigenvalue weighted by molar-refractivity contribution is -0.126. The Bertz CT molecular complexity index is 598. The van der Waals surface area contributed by atoms with E-state index in [0.29, 0.717) is 0 Å². The van der Waals surface area contributed by atoms with Crippen molar-refractivity contribution in [2.24, 2.45) is 0 Å². The minimum absolute atomic E-state index is 0.00116. The van der Waals surface area contributed by atoms with Crippen LogP contribution in [-0.4, -0.2) is 18.4 Å². The largest absolute Gasteiger partial charge is 0.341 e. The number of amides is 2. The van der Waals surface area contributed by atoms with Crippen LogP contribution in [0.3, 0.4) is 0 Å². The molecule has 2 amide bonds. The molecule has 0 saturated carbocycles. The lowest BCUT2D eigenvalue weighted by atomic mass is 10.1. The summed E-state index contributed by atoms with van der Waals surface area (Å²) < 4.78 is 0. The third-order valence-corrected chi connectivity index (χ3v) is 4.88. The van der Waals surface area contributed by atoms with Gasteiger partial charge in [0.05, 0.1) is 0 Å². The van der Waals surface area contributed by atoms with E-state index in [-0.39, 0.29) is 11.8 Å². The highest BCUT2D eigenvalue weighted by atomic mass is 16.2. The van der Waals surface area contributed by atoms with E-state index in [1.165, 1.54) is 45.4 Å². The van der Waals surface area contributed by atoms with Crippen molar-refractivity contribution in [1.29, 1.82) is 0 Å². The molecule has 1 atom stereocenters. The Morgan fingerprint density at radius 1 is 1.08 bits per heavy atom. The molecule has 138 valence electrons. The van der Waals surface area contributed by atoms with Crippen molar-refractivity contribution < 1.29 is 9.59 Å². The van der Waals surface area contributed by atoms with Crippen LogP contribution in [0.1, 0.15) is 82.4 Å². The van der Waals surface area contributed by atoms with Crippen LogP contribution in [0.25, 0.3) is 0 Å². The first-order valence-electron chi connectivity index (χ1n) is 9.73. The number of anilines is 1. The van der Waals surface area contributed by atoms with E-state index >= 15 is 0 Å². The average Bonchev–Trinajstić information content (AvgIpc) is 2.81. The van der Waals surface area contributed by atoms with Crippen LogP contribution in [0.2, 0.25) is 0 Å². The molecule has 4 nitrogen and oxygen atoms in total. The number of unbranched alkanes of at least 4 members (excludes halogenated alkanes) is 7. The molecule has 1 aromatic carbocycles. The number of nitrogens with zero attached hydrogens (tertiary/aromatic N) is 1. The highest BCUT2D eigenvalue weighted by molar-refractivity contribution is 6.06. The predicted molar refractivity (Wildman–Crippen MR) is 103 cm³/mol. The number of carbonyl (C=O) groups excluding carboxylic acids is 2. The second-order valence-corrected chi connectivity index (χ2v) is 7.16. The molecular formula is C21H32N2O2. The number of carbonyl (C=O) groups is 2. The molecule has 2 rings (SSSR count). The second-order valence-electron chi connectivity index (χ2n) is 7.16. The Labute approximate surface area is 152 Å². The Morgan fingerprint density at radius 2 is 1.72 bits per heavy atom. The molecule has 1 aliphatic rings. The van der Waals surface area contributed by atoms with E-state index in [9.17, 15) is 9.59 Å². The summed E-state index contributed by atoms with van der Waals surface area (Å²) in [7, 11) is 0. The number of fused-ring (bicyclic) bond motifs is 1. The van der Waals surface area contributed by atoms with Crippen molar-refractivity contribution in [3.05, 3.63) is 29.3 Å². The van der Waals surface area contributed by atoms with Gasteiger partial charge in [0.1, 0.15) is 6.04 Å². The maximum absolute atomic E-state index is 12.8. The highest BCUT2D eigenvalue weighted by Crippen LogP contribution is 2.36. The first-order valence-corrected chi connectivity index (χ1v) is 9.73. The van der Waals surface area contributed by atoms with Crippen molar-refractivity contribution in [1.82, 2.24) is 5.32 Å². The lowest BCUT2D eigenvalue weighted by Gasteiger charge is -2.18. The molecule has 25 heavy (non-hydrogen) atoms. The van der Waals surface area contributed by atoms with Gasteiger partial charge in [0, 0.05) is 24.7 Å². The minimum Gasteiger partial charge on any atom is -0.341 e. The smallest absolute Gasteiger partial charge is 0.254 e. The zero-order valence-electron chi connectivity index (χ0n) is 15.9. The Balaban J connectivity index is 1.88. The van der Waals surface area contributed by atoms with Gasteiger partial charge in [-0.25, -0.2) is 0 Å². The Morgan fingerprint density at radius 3 is 2.36 bits per heavy atom. The van der Waals surface area contributed by atoms with Gasteiger partial charge < -0.3 is 10.2 Å². The van der Waals surface area contributed by atoms with Gasteiger partial charge in [-0.05, 0) is 19.4 Å². The van der Waals surface area contributed by atoms with Crippen molar-refractivity contribution in [2.75, 3.05) is 11.4 Å². The summed E-state index contributed by atoms with van der Waals surface area (Å²) in [5.74, 6) is -0.168.